The smallest absolute Gasteiger partial charge is 0.308 e. The largest absolute Gasteiger partial charge is 0.466 e. The first kappa shape index (κ1) is 22.1. The monoisotopic (exact) mass is 425 g/mol. The van der Waals surface area contributed by atoms with Gasteiger partial charge in [-0.05, 0) is 36.7 Å². The molecule has 1 aliphatic rings. The van der Waals surface area contributed by atoms with Crippen LogP contribution < -0.4 is 10.6 Å². The normalized spacial score (nSPS) is 16.5. The number of amides is 2. The first-order valence-electron chi connectivity index (χ1n) is 9.09. The van der Waals surface area contributed by atoms with E-state index in [-0.39, 0.29) is 23.0 Å². The number of carbonyl (C=O) groups is 3. The van der Waals surface area contributed by atoms with Gasteiger partial charge in [-0.15, -0.1) is 0 Å². The van der Waals surface area contributed by atoms with E-state index >= 15 is 0 Å². The summed E-state index contributed by atoms with van der Waals surface area (Å²) < 4.78 is 5.20. The third-order valence-corrected chi connectivity index (χ3v) is 4.92. The number of ether oxygens (including phenoxy) is 1. The highest BCUT2D eigenvalue weighted by molar-refractivity contribution is 7.80. The Labute approximate surface area is 174 Å². The van der Waals surface area contributed by atoms with E-state index in [4.69, 9.17) is 28.6 Å². The second-order valence-electron chi connectivity index (χ2n) is 6.85. The summed E-state index contributed by atoms with van der Waals surface area (Å²) in [7, 11) is 0. The number of piperazine rings is 1. The summed E-state index contributed by atoms with van der Waals surface area (Å²) in [5, 5.41) is 5.66. The van der Waals surface area contributed by atoms with Crippen LogP contribution in [0.3, 0.4) is 0 Å². The van der Waals surface area contributed by atoms with Crippen LogP contribution >= 0.6 is 23.8 Å². The highest BCUT2D eigenvalue weighted by atomic mass is 35.5. The van der Waals surface area contributed by atoms with Gasteiger partial charge in [0.2, 0.25) is 5.91 Å². The average Bonchev–Trinajstić information content (AvgIpc) is 2.63. The summed E-state index contributed by atoms with van der Waals surface area (Å²) in [4.78, 5) is 38.4. The number of rotatable bonds is 6. The lowest BCUT2D eigenvalue weighted by Gasteiger charge is -2.36. The molecule has 1 aliphatic heterocycles. The highest BCUT2D eigenvalue weighted by Gasteiger charge is 2.34. The molecule has 1 aromatic rings. The van der Waals surface area contributed by atoms with Crippen LogP contribution in [0.5, 0.6) is 0 Å². The molecule has 28 heavy (non-hydrogen) atoms. The quantitative estimate of drug-likeness (QED) is 0.536. The topological polar surface area (TPSA) is 87.7 Å². The number of nitrogens with one attached hydrogen (secondary N) is 2. The summed E-state index contributed by atoms with van der Waals surface area (Å²) >= 11 is 11.4. The van der Waals surface area contributed by atoms with Crippen molar-refractivity contribution in [3.05, 3.63) is 34.9 Å². The van der Waals surface area contributed by atoms with Crippen molar-refractivity contribution < 1.29 is 19.1 Å². The number of thiocarbonyl (C=S) groups is 1. The number of benzene rings is 1. The van der Waals surface area contributed by atoms with E-state index in [1.165, 1.54) is 4.90 Å². The molecule has 0 aromatic heterocycles. The van der Waals surface area contributed by atoms with E-state index in [0.29, 0.717) is 30.6 Å². The van der Waals surface area contributed by atoms with Crippen molar-refractivity contribution >= 4 is 46.7 Å². The van der Waals surface area contributed by atoms with Gasteiger partial charge in [-0.1, -0.05) is 37.6 Å². The zero-order valence-electron chi connectivity index (χ0n) is 15.9. The molecule has 152 valence electrons. The van der Waals surface area contributed by atoms with Crippen molar-refractivity contribution in [3.8, 4) is 0 Å². The van der Waals surface area contributed by atoms with Crippen LogP contribution in [0.25, 0.3) is 0 Å². The molecule has 1 unspecified atom stereocenters. The van der Waals surface area contributed by atoms with Gasteiger partial charge >= 0.3 is 5.97 Å². The predicted molar refractivity (Wildman–Crippen MR) is 110 cm³/mol. The Morgan fingerprint density at radius 2 is 2.11 bits per heavy atom. The molecule has 2 rings (SSSR count). The summed E-state index contributed by atoms with van der Waals surface area (Å²) in [6, 6.07) is 5.75. The van der Waals surface area contributed by atoms with Crippen molar-refractivity contribution in [2.24, 2.45) is 5.92 Å². The Morgan fingerprint density at radius 3 is 2.79 bits per heavy atom. The van der Waals surface area contributed by atoms with Crippen LogP contribution in [-0.2, 0) is 14.3 Å². The van der Waals surface area contributed by atoms with Gasteiger partial charge in [0.1, 0.15) is 6.04 Å². The van der Waals surface area contributed by atoms with E-state index in [1.54, 1.807) is 24.3 Å². The Kier molecular flexibility index (Phi) is 8.19. The fourth-order valence-corrected chi connectivity index (χ4v) is 3.20. The van der Waals surface area contributed by atoms with E-state index in [0.717, 1.165) is 6.42 Å². The van der Waals surface area contributed by atoms with E-state index in [1.807, 2.05) is 13.8 Å². The van der Waals surface area contributed by atoms with Crippen LogP contribution in [0, 0.1) is 5.92 Å². The average molecular weight is 426 g/mol. The zero-order chi connectivity index (χ0) is 20.7. The minimum Gasteiger partial charge on any atom is -0.466 e. The fourth-order valence-electron chi connectivity index (χ4n) is 2.67. The Bertz CT molecular complexity index is 756. The Balaban J connectivity index is 2.01. The van der Waals surface area contributed by atoms with Crippen LogP contribution in [0.15, 0.2) is 24.3 Å². The van der Waals surface area contributed by atoms with E-state index in [9.17, 15) is 14.4 Å². The van der Waals surface area contributed by atoms with Gasteiger partial charge in [-0.2, -0.15) is 0 Å². The van der Waals surface area contributed by atoms with Gasteiger partial charge < -0.3 is 15.0 Å². The predicted octanol–water partition coefficient (Wildman–Crippen LogP) is 2.13. The van der Waals surface area contributed by atoms with Crippen LogP contribution in [0.2, 0.25) is 5.02 Å². The lowest BCUT2D eigenvalue weighted by atomic mass is 10.1. The van der Waals surface area contributed by atoms with Crippen molar-refractivity contribution in [2.75, 3.05) is 19.7 Å². The molecule has 1 heterocycles. The maximum atomic E-state index is 12.4. The number of esters is 1. The van der Waals surface area contributed by atoms with Gasteiger partial charge in [0.15, 0.2) is 5.11 Å². The molecule has 0 aliphatic carbocycles. The molecule has 0 radical (unpaired) electrons. The Hall–Kier alpha value is -2.19. The number of hydrogen-bond donors (Lipinski definition) is 2. The molecule has 0 saturated carbocycles. The van der Waals surface area contributed by atoms with Crippen LogP contribution in [-0.4, -0.2) is 53.5 Å². The first-order valence-corrected chi connectivity index (χ1v) is 9.88. The van der Waals surface area contributed by atoms with E-state index in [2.05, 4.69) is 10.6 Å². The van der Waals surface area contributed by atoms with Gasteiger partial charge in [0.25, 0.3) is 5.91 Å². The maximum Gasteiger partial charge on any atom is 0.308 e. The van der Waals surface area contributed by atoms with Crippen molar-refractivity contribution in [1.29, 1.82) is 0 Å². The van der Waals surface area contributed by atoms with Gasteiger partial charge in [-0.25, -0.2) is 0 Å². The van der Waals surface area contributed by atoms with Gasteiger partial charge in [0, 0.05) is 13.1 Å². The molecule has 7 nitrogen and oxygen atoms in total. The third kappa shape index (κ3) is 6.17. The van der Waals surface area contributed by atoms with E-state index < -0.39 is 17.9 Å². The highest BCUT2D eigenvalue weighted by Crippen LogP contribution is 2.16. The molecule has 0 spiro atoms. The van der Waals surface area contributed by atoms with Crippen molar-refractivity contribution in [2.45, 2.75) is 32.7 Å². The molecule has 1 atom stereocenters. The van der Waals surface area contributed by atoms with Crippen LogP contribution in [0.4, 0.5) is 0 Å². The number of hydrogen-bond acceptors (Lipinski definition) is 5. The molecule has 1 fully saturated rings. The lowest BCUT2D eigenvalue weighted by Crippen LogP contribution is -2.60. The summed E-state index contributed by atoms with van der Waals surface area (Å²) in [6.07, 6.45) is 0.602. The minimum atomic E-state index is -0.834. The molecule has 1 aromatic carbocycles. The van der Waals surface area contributed by atoms with Crippen molar-refractivity contribution in [1.82, 2.24) is 15.5 Å². The number of halogens is 1. The lowest BCUT2D eigenvalue weighted by molar-refractivity contribution is -0.147. The maximum absolute atomic E-state index is 12.4. The molecule has 2 N–H and O–H groups in total. The SMILES string of the molecule is CC(C)CCOC(=O)CC1C(=O)NCCN1C(=S)NC(=O)c1ccccc1Cl. The molecule has 9 heteroatoms. The second-order valence-corrected chi connectivity index (χ2v) is 7.64. The summed E-state index contributed by atoms with van der Waals surface area (Å²) in [5.74, 6) is -0.871. The standard InChI is InChI=1S/C19H24ClN3O4S/c1-12(2)7-10-27-16(24)11-15-18(26)21-8-9-23(15)19(28)22-17(25)13-5-3-4-6-14(13)20/h3-6,12,15H,7-11H2,1-2H3,(H,21,26)(H,22,25,28). The zero-order valence-corrected chi connectivity index (χ0v) is 17.4. The number of nitrogens with zero attached hydrogens (tertiary/aromatic N) is 1. The molecular weight excluding hydrogens is 402 g/mol. The van der Waals surface area contributed by atoms with Gasteiger partial charge in [0.05, 0.1) is 23.6 Å². The second kappa shape index (κ2) is 10.4. The van der Waals surface area contributed by atoms with Gasteiger partial charge in [-0.3, -0.25) is 19.7 Å². The summed E-state index contributed by atoms with van der Waals surface area (Å²) in [5.41, 5.74) is 0.276. The molecular formula is C19H24ClN3O4S. The third-order valence-electron chi connectivity index (χ3n) is 4.25. The summed E-state index contributed by atoms with van der Waals surface area (Å²) in [6.45, 7) is 5.10. The molecule has 0 bridgehead atoms. The number of carbonyl (C=O) groups excluding carboxylic acids is 3. The Morgan fingerprint density at radius 1 is 1.39 bits per heavy atom. The van der Waals surface area contributed by atoms with Crippen molar-refractivity contribution in [3.63, 3.8) is 0 Å². The van der Waals surface area contributed by atoms with Crippen LogP contribution in [0.1, 0.15) is 37.0 Å². The first-order chi connectivity index (χ1) is 13.3. The molecule has 2 amide bonds. The molecule has 1 saturated heterocycles. The minimum absolute atomic E-state index is 0.0692. The fraction of sp³-hybridized carbons (Fsp3) is 0.474.